The molecule has 15 heavy (non-hydrogen) atoms. The van der Waals surface area contributed by atoms with E-state index in [1.165, 1.54) is 6.42 Å². The SMILES string of the molecule is CCN1CCCC1c1nc(C(C)O)no1. The number of aromatic nitrogens is 2. The van der Waals surface area contributed by atoms with Crippen molar-refractivity contribution in [3.8, 4) is 0 Å². The van der Waals surface area contributed by atoms with Crippen LogP contribution < -0.4 is 0 Å². The van der Waals surface area contributed by atoms with Gasteiger partial charge >= 0.3 is 0 Å². The second-order valence-electron chi connectivity index (χ2n) is 3.95. The van der Waals surface area contributed by atoms with Crippen LogP contribution in [0.2, 0.25) is 0 Å². The quantitative estimate of drug-likeness (QED) is 0.816. The van der Waals surface area contributed by atoms with Crippen LogP contribution in [-0.4, -0.2) is 33.2 Å². The summed E-state index contributed by atoms with van der Waals surface area (Å²) in [5, 5.41) is 13.1. The third-order valence-electron chi connectivity index (χ3n) is 2.89. The number of rotatable bonds is 3. The smallest absolute Gasteiger partial charge is 0.244 e. The monoisotopic (exact) mass is 211 g/mol. The Hall–Kier alpha value is -0.940. The van der Waals surface area contributed by atoms with Crippen LogP contribution >= 0.6 is 0 Å². The number of hydrogen-bond donors (Lipinski definition) is 1. The predicted molar refractivity (Wildman–Crippen MR) is 54.2 cm³/mol. The van der Waals surface area contributed by atoms with Crippen molar-refractivity contribution in [3.05, 3.63) is 11.7 Å². The molecule has 0 amide bonds. The molecule has 5 nitrogen and oxygen atoms in total. The van der Waals surface area contributed by atoms with E-state index >= 15 is 0 Å². The van der Waals surface area contributed by atoms with Crippen LogP contribution in [-0.2, 0) is 0 Å². The minimum atomic E-state index is -0.654. The van der Waals surface area contributed by atoms with Gasteiger partial charge in [0.2, 0.25) is 5.89 Å². The molecule has 1 N–H and O–H groups in total. The highest BCUT2D eigenvalue weighted by atomic mass is 16.5. The van der Waals surface area contributed by atoms with Gasteiger partial charge in [-0.05, 0) is 32.9 Å². The van der Waals surface area contributed by atoms with Gasteiger partial charge in [0.1, 0.15) is 6.10 Å². The predicted octanol–water partition coefficient (Wildman–Crippen LogP) is 1.28. The van der Waals surface area contributed by atoms with Crippen LogP contribution in [0.15, 0.2) is 4.52 Å². The maximum atomic E-state index is 9.30. The summed E-state index contributed by atoms with van der Waals surface area (Å²) in [6.45, 7) is 5.86. The summed E-state index contributed by atoms with van der Waals surface area (Å²) in [6.07, 6.45) is 1.58. The van der Waals surface area contributed by atoms with E-state index in [4.69, 9.17) is 4.52 Å². The van der Waals surface area contributed by atoms with Gasteiger partial charge < -0.3 is 9.63 Å². The molecule has 0 spiro atoms. The van der Waals surface area contributed by atoms with Gasteiger partial charge in [-0.15, -0.1) is 0 Å². The van der Waals surface area contributed by atoms with E-state index < -0.39 is 6.10 Å². The molecule has 0 aromatic carbocycles. The molecule has 1 saturated heterocycles. The molecule has 1 aliphatic rings. The Balaban J connectivity index is 2.14. The van der Waals surface area contributed by atoms with E-state index in [-0.39, 0.29) is 6.04 Å². The summed E-state index contributed by atoms with van der Waals surface area (Å²) in [6, 6.07) is 0.245. The third-order valence-corrected chi connectivity index (χ3v) is 2.89. The van der Waals surface area contributed by atoms with E-state index in [1.54, 1.807) is 6.92 Å². The Kier molecular flexibility index (Phi) is 3.02. The molecule has 2 atom stereocenters. The van der Waals surface area contributed by atoms with E-state index in [1.807, 2.05) is 0 Å². The van der Waals surface area contributed by atoms with Crippen LogP contribution in [0, 0.1) is 0 Å². The first kappa shape index (κ1) is 10.6. The fourth-order valence-corrected chi connectivity index (χ4v) is 2.04. The molecule has 84 valence electrons. The van der Waals surface area contributed by atoms with Crippen LogP contribution in [0.5, 0.6) is 0 Å². The Morgan fingerprint density at radius 1 is 1.67 bits per heavy atom. The molecule has 0 aliphatic carbocycles. The number of nitrogens with zero attached hydrogens (tertiary/aromatic N) is 3. The fourth-order valence-electron chi connectivity index (χ4n) is 2.04. The molecule has 0 bridgehead atoms. The zero-order valence-electron chi connectivity index (χ0n) is 9.18. The van der Waals surface area contributed by atoms with E-state index in [0.29, 0.717) is 11.7 Å². The average molecular weight is 211 g/mol. The van der Waals surface area contributed by atoms with Gasteiger partial charge in [0.15, 0.2) is 5.82 Å². The highest BCUT2D eigenvalue weighted by molar-refractivity contribution is 4.97. The lowest BCUT2D eigenvalue weighted by Gasteiger charge is -2.18. The lowest BCUT2D eigenvalue weighted by Crippen LogP contribution is -2.22. The fraction of sp³-hybridized carbons (Fsp3) is 0.800. The molecule has 0 radical (unpaired) electrons. The van der Waals surface area contributed by atoms with Crippen molar-refractivity contribution >= 4 is 0 Å². The molecular weight excluding hydrogens is 194 g/mol. The molecular formula is C10H17N3O2. The van der Waals surface area contributed by atoms with Gasteiger partial charge in [0, 0.05) is 0 Å². The Labute approximate surface area is 89.1 Å². The molecule has 1 aromatic rings. The molecule has 2 heterocycles. The van der Waals surface area contributed by atoms with Gasteiger partial charge in [0.05, 0.1) is 6.04 Å². The highest BCUT2D eigenvalue weighted by Gasteiger charge is 2.29. The Bertz CT molecular complexity index is 324. The van der Waals surface area contributed by atoms with Crippen molar-refractivity contribution in [3.63, 3.8) is 0 Å². The summed E-state index contributed by atoms with van der Waals surface area (Å²) in [7, 11) is 0. The maximum Gasteiger partial charge on any atom is 0.244 e. The van der Waals surface area contributed by atoms with E-state index in [9.17, 15) is 5.11 Å². The van der Waals surface area contributed by atoms with Crippen molar-refractivity contribution in [1.82, 2.24) is 15.0 Å². The Morgan fingerprint density at radius 2 is 2.47 bits per heavy atom. The molecule has 1 aliphatic heterocycles. The minimum Gasteiger partial charge on any atom is -0.385 e. The molecule has 1 aromatic heterocycles. The van der Waals surface area contributed by atoms with Gasteiger partial charge in [0.25, 0.3) is 0 Å². The summed E-state index contributed by atoms with van der Waals surface area (Å²) in [5.74, 6) is 1.03. The first-order valence-electron chi connectivity index (χ1n) is 5.48. The lowest BCUT2D eigenvalue weighted by molar-refractivity contribution is 0.183. The van der Waals surface area contributed by atoms with Crippen molar-refractivity contribution in [2.45, 2.75) is 38.8 Å². The number of aliphatic hydroxyl groups excluding tert-OH is 1. The highest BCUT2D eigenvalue weighted by Crippen LogP contribution is 2.30. The largest absolute Gasteiger partial charge is 0.385 e. The maximum absolute atomic E-state index is 9.30. The second-order valence-corrected chi connectivity index (χ2v) is 3.95. The molecule has 2 rings (SSSR count). The lowest BCUT2D eigenvalue weighted by atomic mass is 10.2. The van der Waals surface area contributed by atoms with Crippen LogP contribution in [0.4, 0.5) is 0 Å². The summed E-state index contributed by atoms with van der Waals surface area (Å²) in [5.41, 5.74) is 0. The van der Waals surface area contributed by atoms with E-state index in [0.717, 1.165) is 19.5 Å². The minimum absolute atomic E-state index is 0.245. The first-order valence-corrected chi connectivity index (χ1v) is 5.48. The zero-order valence-corrected chi connectivity index (χ0v) is 9.18. The summed E-state index contributed by atoms with van der Waals surface area (Å²) < 4.78 is 5.18. The van der Waals surface area contributed by atoms with Crippen LogP contribution in [0.1, 0.15) is 50.6 Å². The van der Waals surface area contributed by atoms with Crippen molar-refractivity contribution in [2.75, 3.05) is 13.1 Å². The number of hydrogen-bond acceptors (Lipinski definition) is 5. The standard InChI is InChI=1S/C10H17N3O2/c1-3-13-6-4-5-8(13)10-11-9(7(2)14)12-15-10/h7-8,14H,3-6H2,1-2H3. The molecule has 1 fully saturated rings. The third kappa shape index (κ3) is 2.03. The van der Waals surface area contributed by atoms with Crippen LogP contribution in [0.25, 0.3) is 0 Å². The molecule has 0 saturated carbocycles. The van der Waals surface area contributed by atoms with Crippen LogP contribution in [0.3, 0.4) is 0 Å². The van der Waals surface area contributed by atoms with Crippen molar-refractivity contribution in [2.24, 2.45) is 0 Å². The van der Waals surface area contributed by atoms with Crippen molar-refractivity contribution < 1.29 is 9.63 Å². The van der Waals surface area contributed by atoms with Gasteiger partial charge in [-0.3, -0.25) is 4.90 Å². The zero-order chi connectivity index (χ0) is 10.8. The normalized spacial score (nSPS) is 24.6. The Morgan fingerprint density at radius 3 is 3.07 bits per heavy atom. The number of aliphatic hydroxyl groups is 1. The van der Waals surface area contributed by atoms with Gasteiger partial charge in [-0.1, -0.05) is 12.1 Å². The topological polar surface area (TPSA) is 62.4 Å². The molecule has 2 unspecified atom stereocenters. The number of likely N-dealkylation sites (tertiary alicyclic amines) is 1. The van der Waals surface area contributed by atoms with Crippen molar-refractivity contribution in [1.29, 1.82) is 0 Å². The first-order chi connectivity index (χ1) is 7.22. The second kappa shape index (κ2) is 4.28. The average Bonchev–Trinajstić information content (AvgIpc) is 2.85. The summed E-state index contributed by atoms with van der Waals surface area (Å²) >= 11 is 0. The van der Waals surface area contributed by atoms with Gasteiger partial charge in [-0.2, -0.15) is 4.98 Å². The molecule has 5 heteroatoms. The van der Waals surface area contributed by atoms with Gasteiger partial charge in [-0.25, -0.2) is 0 Å². The van der Waals surface area contributed by atoms with E-state index in [2.05, 4.69) is 22.0 Å². The summed E-state index contributed by atoms with van der Waals surface area (Å²) in [4.78, 5) is 6.54.